The first-order chi connectivity index (χ1) is 11.7. The van der Waals surface area contributed by atoms with Crippen LogP contribution in [0.3, 0.4) is 0 Å². The molecule has 0 saturated heterocycles. The van der Waals surface area contributed by atoms with Gasteiger partial charge in [0.15, 0.2) is 12.0 Å². The summed E-state index contributed by atoms with van der Waals surface area (Å²) in [6.07, 6.45) is 1.73. The SMILES string of the molecule is COC(C)(C)/N=C1\CCC(C)C1CC(OCC(Cl)(Cl)Cl)OCC(Cl)(Cl)Cl. The van der Waals surface area contributed by atoms with Crippen molar-refractivity contribution in [3.05, 3.63) is 0 Å². The van der Waals surface area contributed by atoms with Gasteiger partial charge in [0.1, 0.15) is 0 Å². The Balaban J connectivity index is 2.87. The zero-order valence-electron chi connectivity index (χ0n) is 15.2. The van der Waals surface area contributed by atoms with Crippen molar-refractivity contribution in [2.75, 3.05) is 20.3 Å². The normalized spacial score (nSPS) is 24.0. The molecule has 0 heterocycles. The van der Waals surface area contributed by atoms with Crippen LogP contribution < -0.4 is 0 Å². The highest BCUT2D eigenvalue weighted by Crippen LogP contribution is 2.36. The molecule has 0 spiro atoms. The monoisotopic (exact) mass is 489 g/mol. The van der Waals surface area contributed by atoms with Crippen LogP contribution in [-0.4, -0.2) is 45.6 Å². The summed E-state index contributed by atoms with van der Waals surface area (Å²) in [5.74, 6) is 0.539. The molecule has 0 aromatic heterocycles. The molecule has 154 valence electrons. The van der Waals surface area contributed by atoms with E-state index >= 15 is 0 Å². The maximum absolute atomic E-state index is 5.78. The van der Waals surface area contributed by atoms with Gasteiger partial charge >= 0.3 is 0 Å². The van der Waals surface area contributed by atoms with Gasteiger partial charge in [-0.1, -0.05) is 76.5 Å². The first kappa shape index (κ1) is 25.3. The molecule has 0 aromatic rings. The Labute approximate surface area is 185 Å². The molecule has 1 rings (SSSR count). The Morgan fingerprint density at radius 3 is 1.96 bits per heavy atom. The summed E-state index contributed by atoms with van der Waals surface area (Å²) in [5.41, 5.74) is 0.466. The van der Waals surface area contributed by atoms with Crippen LogP contribution >= 0.6 is 69.6 Å². The standard InChI is InChI=1S/C16H25Cl6NO3/c1-10-5-6-12(23-14(2,3)24-4)11(10)7-13(25-8-15(17,18)19)26-9-16(20,21)22/h10-11,13H,5-9H2,1-4H3/b23-12+. The zero-order valence-corrected chi connectivity index (χ0v) is 19.7. The quantitative estimate of drug-likeness (QED) is 0.293. The Hall–Kier alpha value is 1.29. The summed E-state index contributed by atoms with van der Waals surface area (Å²) < 4.78 is 13.6. The van der Waals surface area contributed by atoms with Crippen molar-refractivity contribution in [1.82, 2.24) is 0 Å². The molecule has 0 radical (unpaired) electrons. The molecule has 0 aromatic carbocycles. The molecule has 4 nitrogen and oxygen atoms in total. The number of halogens is 6. The van der Waals surface area contributed by atoms with Crippen LogP contribution in [-0.2, 0) is 14.2 Å². The van der Waals surface area contributed by atoms with Crippen molar-refractivity contribution in [1.29, 1.82) is 0 Å². The van der Waals surface area contributed by atoms with Crippen molar-refractivity contribution in [2.24, 2.45) is 16.8 Å². The van der Waals surface area contributed by atoms with Crippen molar-refractivity contribution >= 4 is 75.3 Å². The molecule has 10 heteroatoms. The first-order valence-electron chi connectivity index (χ1n) is 8.23. The lowest BCUT2D eigenvalue weighted by molar-refractivity contribution is -0.148. The molecular formula is C16H25Cl6NO3. The summed E-state index contributed by atoms with van der Waals surface area (Å²) in [6, 6.07) is 0. The molecule has 2 atom stereocenters. The number of hydrogen-bond donors (Lipinski definition) is 0. The van der Waals surface area contributed by atoms with E-state index in [0.29, 0.717) is 12.3 Å². The number of nitrogens with zero attached hydrogens (tertiary/aromatic N) is 1. The van der Waals surface area contributed by atoms with Crippen LogP contribution in [0.15, 0.2) is 4.99 Å². The van der Waals surface area contributed by atoms with E-state index in [1.54, 1.807) is 7.11 Å². The molecule has 1 fully saturated rings. The van der Waals surface area contributed by atoms with Gasteiger partial charge in [0, 0.05) is 25.2 Å². The second-order valence-corrected chi connectivity index (χ2v) is 11.9. The van der Waals surface area contributed by atoms with E-state index in [0.717, 1.165) is 18.6 Å². The van der Waals surface area contributed by atoms with Gasteiger partial charge in [0.25, 0.3) is 0 Å². The fourth-order valence-electron chi connectivity index (χ4n) is 2.76. The van der Waals surface area contributed by atoms with Crippen molar-refractivity contribution in [2.45, 2.75) is 59.6 Å². The second kappa shape index (κ2) is 10.4. The van der Waals surface area contributed by atoms with Crippen molar-refractivity contribution in [3.8, 4) is 0 Å². The van der Waals surface area contributed by atoms with E-state index in [2.05, 4.69) is 6.92 Å². The largest absolute Gasteiger partial charge is 0.358 e. The van der Waals surface area contributed by atoms with Gasteiger partial charge in [-0.3, -0.25) is 4.99 Å². The van der Waals surface area contributed by atoms with E-state index in [4.69, 9.17) is 88.8 Å². The third kappa shape index (κ3) is 10.2. The van der Waals surface area contributed by atoms with E-state index in [1.165, 1.54) is 0 Å². The predicted molar refractivity (Wildman–Crippen MR) is 111 cm³/mol. The molecule has 1 aliphatic rings. The zero-order chi connectivity index (χ0) is 20.2. The highest BCUT2D eigenvalue weighted by molar-refractivity contribution is 6.68. The smallest absolute Gasteiger partial charge is 0.213 e. The van der Waals surface area contributed by atoms with Gasteiger partial charge in [0.05, 0.1) is 13.2 Å². The average Bonchev–Trinajstić information content (AvgIpc) is 2.80. The predicted octanol–water partition coefficient (Wildman–Crippen LogP) is 6.35. The number of ether oxygens (including phenoxy) is 3. The van der Waals surface area contributed by atoms with Gasteiger partial charge < -0.3 is 14.2 Å². The van der Waals surface area contributed by atoms with Crippen molar-refractivity contribution < 1.29 is 14.2 Å². The van der Waals surface area contributed by atoms with Crippen LogP contribution in [0, 0.1) is 11.8 Å². The maximum Gasteiger partial charge on any atom is 0.213 e. The van der Waals surface area contributed by atoms with E-state index < -0.39 is 19.6 Å². The lowest BCUT2D eigenvalue weighted by atomic mass is 9.93. The maximum atomic E-state index is 5.78. The molecule has 0 N–H and O–H groups in total. The molecule has 0 amide bonds. The lowest BCUT2D eigenvalue weighted by Gasteiger charge is -2.28. The number of hydrogen-bond acceptors (Lipinski definition) is 4. The van der Waals surface area contributed by atoms with E-state index in [-0.39, 0.29) is 19.1 Å². The first-order valence-corrected chi connectivity index (χ1v) is 10.5. The number of rotatable bonds is 8. The molecule has 2 unspecified atom stereocenters. The molecular weight excluding hydrogens is 467 g/mol. The van der Waals surface area contributed by atoms with Gasteiger partial charge in [-0.05, 0) is 32.6 Å². The van der Waals surface area contributed by atoms with Crippen LogP contribution in [0.1, 0.15) is 40.0 Å². The lowest BCUT2D eigenvalue weighted by Crippen LogP contribution is -2.32. The molecule has 0 bridgehead atoms. The fourth-order valence-corrected chi connectivity index (χ4v) is 3.13. The summed E-state index contributed by atoms with van der Waals surface area (Å²) >= 11 is 34.7. The average molecular weight is 492 g/mol. The molecule has 1 aliphatic carbocycles. The topological polar surface area (TPSA) is 40.0 Å². The Morgan fingerprint density at radius 1 is 1.04 bits per heavy atom. The fraction of sp³-hybridized carbons (Fsp3) is 0.938. The van der Waals surface area contributed by atoms with Gasteiger partial charge in [0.2, 0.25) is 7.59 Å². The highest BCUT2D eigenvalue weighted by atomic mass is 35.6. The Kier molecular flexibility index (Phi) is 10.1. The van der Waals surface area contributed by atoms with E-state index in [9.17, 15) is 0 Å². The van der Waals surface area contributed by atoms with Gasteiger partial charge in [-0.2, -0.15) is 0 Å². The Morgan fingerprint density at radius 2 is 1.54 bits per heavy atom. The van der Waals surface area contributed by atoms with Gasteiger partial charge in [-0.15, -0.1) is 0 Å². The molecule has 26 heavy (non-hydrogen) atoms. The minimum absolute atomic E-state index is 0.139. The molecule has 1 saturated carbocycles. The minimum atomic E-state index is -1.56. The summed E-state index contributed by atoms with van der Waals surface area (Å²) in [4.78, 5) is 4.76. The summed E-state index contributed by atoms with van der Waals surface area (Å²) in [5, 5.41) is 0. The van der Waals surface area contributed by atoms with Gasteiger partial charge in [-0.25, -0.2) is 0 Å². The Bertz CT molecular complexity index is 458. The van der Waals surface area contributed by atoms with Crippen LogP contribution in [0.4, 0.5) is 0 Å². The van der Waals surface area contributed by atoms with E-state index in [1.807, 2.05) is 13.8 Å². The summed E-state index contributed by atoms with van der Waals surface area (Å²) in [6.45, 7) is 5.71. The van der Waals surface area contributed by atoms with Crippen LogP contribution in [0.5, 0.6) is 0 Å². The number of methoxy groups -OCH3 is 1. The molecule has 0 aliphatic heterocycles. The third-order valence-corrected chi connectivity index (χ3v) is 4.85. The minimum Gasteiger partial charge on any atom is -0.358 e. The highest BCUT2D eigenvalue weighted by Gasteiger charge is 2.35. The third-order valence-electron chi connectivity index (χ3n) is 4.20. The number of alkyl halides is 6. The number of aliphatic imine (C=N–C) groups is 1. The second-order valence-electron chi connectivity index (χ2n) is 6.89. The van der Waals surface area contributed by atoms with Crippen molar-refractivity contribution in [3.63, 3.8) is 0 Å². The van der Waals surface area contributed by atoms with Crippen LogP contribution in [0.2, 0.25) is 0 Å². The summed E-state index contributed by atoms with van der Waals surface area (Å²) in [7, 11) is 1.63. The van der Waals surface area contributed by atoms with Crippen LogP contribution in [0.25, 0.3) is 0 Å².